The highest BCUT2D eigenvalue weighted by Gasteiger charge is 2.28. The fraction of sp³-hybridized carbons (Fsp3) is 0.0769. The molecule has 0 saturated carbocycles. The van der Waals surface area contributed by atoms with Gasteiger partial charge in [-0.15, -0.1) is 0 Å². The lowest BCUT2D eigenvalue weighted by atomic mass is 10.2. The molecule has 0 saturated heterocycles. The van der Waals surface area contributed by atoms with E-state index in [1.54, 1.807) is 0 Å². The smallest absolute Gasteiger partial charge is 0.185 e. The first kappa shape index (κ1) is 23.4. The first-order valence-electron chi connectivity index (χ1n) is 9.91. The molecule has 0 N–H and O–H groups in total. The Labute approximate surface area is 218 Å². The van der Waals surface area contributed by atoms with Crippen LogP contribution in [0.5, 0.6) is 11.5 Å². The fourth-order valence-corrected chi connectivity index (χ4v) is 7.39. The number of hydrogen-bond acceptors (Lipinski definition) is 3. The summed E-state index contributed by atoms with van der Waals surface area (Å²) in [5.74, 6) is 1.51. The molecule has 6 heteroatoms. The van der Waals surface area contributed by atoms with Crippen LogP contribution in [0.4, 0.5) is 0 Å². The average Bonchev–Trinajstić information content (AvgIpc) is 2.82. The highest BCUT2D eigenvalue weighted by Crippen LogP contribution is 2.33. The van der Waals surface area contributed by atoms with E-state index in [0.29, 0.717) is 12.4 Å². The summed E-state index contributed by atoms with van der Waals surface area (Å²) in [5.41, 5.74) is 0.945. The van der Waals surface area contributed by atoms with Gasteiger partial charge in [-0.3, -0.25) is 0 Å². The van der Waals surface area contributed by atoms with Gasteiger partial charge in [0.1, 0.15) is 12.4 Å². The van der Waals surface area contributed by atoms with Crippen LogP contribution in [0.1, 0.15) is 5.56 Å². The molecule has 0 aliphatic carbocycles. The Balaban J connectivity index is 1.56. The third-order valence-electron chi connectivity index (χ3n) is 4.66. The minimum absolute atomic E-state index is 0.169. The van der Waals surface area contributed by atoms with Crippen molar-refractivity contribution in [3.8, 4) is 11.5 Å². The second-order valence-corrected chi connectivity index (χ2v) is 11.3. The maximum absolute atomic E-state index is 6.10. The molecule has 0 amide bonds. The lowest BCUT2D eigenvalue weighted by Crippen LogP contribution is -2.05. The van der Waals surface area contributed by atoms with Gasteiger partial charge in [-0.05, 0) is 106 Å². The summed E-state index contributed by atoms with van der Waals surface area (Å²) >= 11 is 4.54. The van der Waals surface area contributed by atoms with Gasteiger partial charge in [0.05, 0.1) is 21.6 Å². The summed E-state index contributed by atoms with van der Waals surface area (Å²) in [4.78, 5) is 14.1. The molecule has 4 rings (SSSR count). The zero-order valence-electron chi connectivity index (χ0n) is 17.3. The van der Waals surface area contributed by atoms with Crippen molar-refractivity contribution in [3.63, 3.8) is 0 Å². The van der Waals surface area contributed by atoms with E-state index in [1.807, 2.05) is 24.3 Å². The van der Waals surface area contributed by atoms with Crippen molar-refractivity contribution >= 4 is 56.1 Å². The Bertz CT molecular complexity index is 1110. The van der Waals surface area contributed by atoms with E-state index in [4.69, 9.17) is 14.5 Å². The molecule has 0 radical (unpaired) electrons. The molecular formula is C26H21I2O3S+. The quantitative estimate of drug-likeness (QED) is 0.0844. The Morgan fingerprint density at radius 1 is 0.719 bits per heavy atom. The zero-order valence-corrected chi connectivity index (χ0v) is 22.5. The number of rotatable bonds is 8. The highest BCUT2D eigenvalue weighted by molar-refractivity contribution is 14.1. The minimum Gasteiger partial charge on any atom is -0.489 e. The molecule has 3 nitrogen and oxygen atoms in total. The van der Waals surface area contributed by atoms with Gasteiger partial charge in [0.2, 0.25) is 0 Å². The van der Waals surface area contributed by atoms with E-state index in [0.717, 1.165) is 18.5 Å². The summed E-state index contributed by atoms with van der Waals surface area (Å²) in [6.45, 7) is 0.397. The second-order valence-electron chi connectivity index (χ2n) is 6.82. The molecule has 0 atom stereocenters. The number of halogens is 2. The van der Waals surface area contributed by atoms with Gasteiger partial charge in [-0.25, -0.2) is 0 Å². The van der Waals surface area contributed by atoms with Crippen LogP contribution < -0.4 is 9.62 Å². The Hall–Kier alpha value is -1.75. The molecule has 0 heterocycles. The molecule has 0 fully saturated rings. The monoisotopic (exact) mass is 667 g/mol. The number of ether oxygens (including phenoxy) is 1. The SMILES string of the molecule is COOc1c(I)cc(I)cc1COc1ccc([S+](c2ccccc2)c2ccccc2)cc1. The van der Waals surface area contributed by atoms with Crippen LogP contribution in [0.15, 0.2) is 112 Å². The van der Waals surface area contributed by atoms with Crippen LogP contribution in [-0.2, 0) is 22.4 Å². The topological polar surface area (TPSA) is 27.7 Å². The van der Waals surface area contributed by atoms with Crippen molar-refractivity contribution < 1.29 is 14.5 Å². The summed E-state index contributed by atoms with van der Waals surface area (Å²) in [7, 11) is 1.34. The minimum atomic E-state index is -0.169. The summed E-state index contributed by atoms with van der Waals surface area (Å²) in [5, 5.41) is 0. The fourth-order valence-electron chi connectivity index (χ4n) is 3.25. The van der Waals surface area contributed by atoms with Crippen molar-refractivity contribution in [2.45, 2.75) is 21.3 Å². The second kappa shape index (κ2) is 11.4. The summed E-state index contributed by atoms with van der Waals surface area (Å²) < 4.78 is 8.21. The van der Waals surface area contributed by atoms with Gasteiger partial charge in [0.25, 0.3) is 0 Å². The Morgan fingerprint density at radius 3 is 1.84 bits per heavy atom. The van der Waals surface area contributed by atoms with Gasteiger partial charge in [0, 0.05) is 9.13 Å². The van der Waals surface area contributed by atoms with E-state index in [2.05, 4.69) is 118 Å². The van der Waals surface area contributed by atoms with E-state index < -0.39 is 0 Å². The predicted octanol–water partition coefficient (Wildman–Crippen LogP) is 7.51. The van der Waals surface area contributed by atoms with Crippen LogP contribution in [0, 0.1) is 7.14 Å². The Morgan fingerprint density at radius 2 is 1.28 bits per heavy atom. The molecule has 0 aliphatic heterocycles. The molecule has 0 bridgehead atoms. The molecule has 0 unspecified atom stereocenters. The predicted molar refractivity (Wildman–Crippen MR) is 145 cm³/mol. The standard InChI is InChI=1S/C26H21I2O3S/c1-29-31-26-19(16-20(27)17-25(26)28)18-30-21-12-14-24(15-13-21)32(22-8-4-2-5-9-22)23-10-6-3-7-11-23/h2-17H,18H2,1H3/q+1. The van der Waals surface area contributed by atoms with E-state index in [1.165, 1.54) is 21.8 Å². The molecule has 0 aliphatic rings. The maximum Gasteiger partial charge on any atom is 0.185 e. The molecule has 162 valence electrons. The van der Waals surface area contributed by atoms with E-state index in [9.17, 15) is 0 Å². The normalized spacial score (nSPS) is 10.9. The molecule has 4 aromatic carbocycles. The van der Waals surface area contributed by atoms with Crippen LogP contribution >= 0.6 is 45.2 Å². The van der Waals surface area contributed by atoms with Crippen molar-refractivity contribution in [2.75, 3.05) is 7.11 Å². The molecule has 0 aromatic heterocycles. The third kappa shape index (κ3) is 5.78. The van der Waals surface area contributed by atoms with Crippen molar-refractivity contribution in [3.05, 3.63) is 110 Å². The van der Waals surface area contributed by atoms with Gasteiger partial charge < -0.3 is 9.62 Å². The third-order valence-corrected chi connectivity index (χ3v) is 8.32. The largest absolute Gasteiger partial charge is 0.489 e. The lowest BCUT2D eigenvalue weighted by Gasteiger charge is -2.13. The number of hydrogen-bond donors (Lipinski definition) is 0. The van der Waals surface area contributed by atoms with E-state index >= 15 is 0 Å². The van der Waals surface area contributed by atoms with Crippen LogP contribution in [-0.4, -0.2) is 7.11 Å². The maximum atomic E-state index is 6.10. The van der Waals surface area contributed by atoms with Crippen molar-refractivity contribution in [1.29, 1.82) is 0 Å². The molecule has 4 aromatic rings. The summed E-state index contributed by atoms with van der Waals surface area (Å²) in [6, 6.07) is 33.7. The van der Waals surface area contributed by atoms with Gasteiger partial charge in [-0.1, -0.05) is 36.4 Å². The van der Waals surface area contributed by atoms with Crippen LogP contribution in [0.2, 0.25) is 0 Å². The number of benzene rings is 4. The van der Waals surface area contributed by atoms with Gasteiger partial charge in [-0.2, -0.15) is 4.89 Å². The first-order chi connectivity index (χ1) is 15.7. The van der Waals surface area contributed by atoms with Gasteiger partial charge >= 0.3 is 0 Å². The lowest BCUT2D eigenvalue weighted by molar-refractivity contribution is -0.179. The Kier molecular flexibility index (Phi) is 8.34. The average molecular weight is 667 g/mol. The zero-order chi connectivity index (χ0) is 22.3. The molecule has 0 spiro atoms. The van der Waals surface area contributed by atoms with Gasteiger partial charge in [0.15, 0.2) is 20.4 Å². The van der Waals surface area contributed by atoms with Crippen molar-refractivity contribution in [1.82, 2.24) is 0 Å². The molecule has 32 heavy (non-hydrogen) atoms. The molecular weight excluding hydrogens is 646 g/mol. The van der Waals surface area contributed by atoms with Crippen LogP contribution in [0.3, 0.4) is 0 Å². The van der Waals surface area contributed by atoms with Crippen molar-refractivity contribution in [2.24, 2.45) is 0 Å². The summed E-state index contributed by atoms with van der Waals surface area (Å²) in [6.07, 6.45) is 0. The van der Waals surface area contributed by atoms with E-state index in [-0.39, 0.29) is 10.9 Å². The first-order valence-corrected chi connectivity index (χ1v) is 13.3. The highest BCUT2D eigenvalue weighted by atomic mass is 127. The van der Waals surface area contributed by atoms with Crippen LogP contribution in [0.25, 0.3) is 0 Å².